The molecule has 3 rings (SSSR count). The molecule has 142 valence electrons. The second-order valence-electron chi connectivity index (χ2n) is 7.45. The van der Waals surface area contributed by atoms with Crippen LogP contribution < -0.4 is 4.72 Å². The van der Waals surface area contributed by atoms with Gasteiger partial charge < -0.3 is 5.11 Å². The van der Waals surface area contributed by atoms with Crippen molar-refractivity contribution in [1.82, 2.24) is 4.72 Å². The molecule has 0 spiro atoms. The highest BCUT2D eigenvalue weighted by Gasteiger charge is 2.48. The first kappa shape index (κ1) is 19.1. The van der Waals surface area contributed by atoms with Gasteiger partial charge >= 0.3 is 5.97 Å². The van der Waals surface area contributed by atoms with Crippen LogP contribution in [0, 0.1) is 17.8 Å². The molecule has 0 aromatic heterocycles. The minimum atomic E-state index is -3.49. The summed E-state index contributed by atoms with van der Waals surface area (Å²) in [6, 6.07) is 8.57. The third kappa shape index (κ3) is 4.54. The van der Waals surface area contributed by atoms with E-state index >= 15 is 0 Å². The summed E-state index contributed by atoms with van der Waals surface area (Å²) in [6.07, 6.45) is 10.00. The molecule has 1 unspecified atom stereocenters. The summed E-state index contributed by atoms with van der Waals surface area (Å²) < 4.78 is 28.4. The van der Waals surface area contributed by atoms with Crippen LogP contribution in [0.25, 0.3) is 0 Å². The van der Waals surface area contributed by atoms with Crippen LogP contribution in [0.3, 0.4) is 0 Å². The molecule has 2 aliphatic carbocycles. The second-order valence-corrected chi connectivity index (χ2v) is 9.16. The zero-order valence-electron chi connectivity index (χ0n) is 14.9. The molecule has 0 saturated heterocycles. The predicted molar refractivity (Wildman–Crippen MR) is 100 cm³/mol. The predicted octanol–water partition coefficient (Wildman–Crippen LogP) is 3.58. The third-order valence-electron chi connectivity index (χ3n) is 5.77. The van der Waals surface area contributed by atoms with Crippen molar-refractivity contribution >= 4 is 16.0 Å². The Kier molecular flexibility index (Phi) is 6.14. The summed E-state index contributed by atoms with van der Waals surface area (Å²) in [5.41, 5.74) is 0. The molecule has 5 nitrogen and oxygen atoms in total. The standard InChI is InChI=1S/C20H27NO4S/c22-19(23)11-7-2-1-6-10-18-15-12-13-16(14-15)20(18)21-26(24,25)17-8-4-3-5-9-17/h1,3-6,8-9,15-16,18,20-21H,2,7,10-14H2,(H,22,23)/b6-1-/t15?,16-,18-,20-/m0/s1. The van der Waals surface area contributed by atoms with Crippen LogP contribution in [-0.2, 0) is 14.8 Å². The van der Waals surface area contributed by atoms with Gasteiger partial charge in [-0.15, -0.1) is 0 Å². The fourth-order valence-electron chi connectivity index (χ4n) is 4.52. The van der Waals surface area contributed by atoms with Crippen LogP contribution in [0.15, 0.2) is 47.4 Å². The van der Waals surface area contributed by atoms with E-state index in [1.807, 2.05) is 12.1 Å². The minimum absolute atomic E-state index is 0.00243. The average molecular weight is 378 g/mol. The molecular weight excluding hydrogens is 350 g/mol. The molecule has 0 amide bonds. The van der Waals surface area contributed by atoms with Gasteiger partial charge in [-0.2, -0.15) is 0 Å². The molecule has 1 aromatic rings. The molecule has 2 N–H and O–H groups in total. The first-order chi connectivity index (χ1) is 12.5. The van der Waals surface area contributed by atoms with E-state index < -0.39 is 16.0 Å². The van der Waals surface area contributed by atoms with E-state index in [0.717, 1.165) is 25.7 Å². The number of benzene rings is 1. The lowest BCUT2D eigenvalue weighted by Crippen LogP contribution is -2.43. The zero-order valence-corrected chi connectivity index (χ0v) is 15.7. The van der Waals surface area contributed by atoms with Crippen molar-refractivity contribution in [3.05, 3.63) is 42.5 Å². The van der Waals surface area contributed by atoms with Gasteiger partial charge in [-0.3, -0.25) is 4.79 Å². The summed E-state index contributed by atoms with van der Waals surface area (Å²) in [4.78, 5) is 10.9. The van der Waals surface area contributed by atoms with E-state index in [-0.39, 0.29) is 12.5 Å². The Morgan fingerprint density at radius 3 is 2.62 bits per heavy atom. The number of unbranched alkanes of at least 4 members (excludes halogenated alkanes) is 1. The lowest BCUT2D eigenvalue weighted by molar-refractivity contribution is -0.137. The Balaban J connectivity index is 1.60. The molecule has 2 fully saturated rings. The maximum atomic E-state index is 12.7. The van der Waals surface area contributed by atoms with Crippen molar-refractivity contribution in [2.24, 2.45) is 17.8 Å². The summed E-state index contributed by atoms with van der Waals surface area (Å²) in [5, 5.41) is 8.66. The number of carbonyl (C=O) groups is 1. The van der Waals surface area contributed by atoms with E-state index in [0.29, 0.717) is 29.1 Å². The smallest absolute Gasteiger partial charge is 0.303 e. The van der Waals surface area contributed by atoms with Gasteiger partial charge in [-0.25, -0.2) is 13.1 Å². The Hall–Kier alpha value is -1.66. The van der Waals surface area contributed by atoms with Crippen molar-refractivity contribution < 1.29 is 18.3 Å². The van der Waals surface area contributed by atoms with Crippen molar-refractivity contribution in [2.75, 3.05) is 0 Å². The third-order valence-corrected chi connectivity index (χ3v) is 7.24. The van der Waals surface area contributed by atoms with Crippen LogP contribution in [0.4, 0.5) is 0 Å². The van der Waals surface area contributed by atoms with Crippen molar-refractivity contribution in [3.63, 3.8) is 0 Å². The first-order valence-corrected chi connectivity index (χ1v) is 10.9. The molecule has 0 radical (unpaired) electrons. The lowest BCUT2D eigenvalue weighted by Gasteiger charge is -2.31. The number of nitrogens with one attached hydrogen (secondary N) is 1. The van der Waals surface area contributed by atoms with Crippen LogP contribution >= 0.6 is 0 Å². The Morgan fingerprint density at radius 1 is 1.15 bits per heavy atom. The maximum Gasteiger partial charge on any atom is 0.303 e. The molecule has 2 bridgehead atoms. The minimum Gasteiger partial charge on any atom is -0.481 e. The van der Waals surface area contributed by atoms with Crippen LogP contribution in [0.2, 0.25) is 0 Å². The van der Waals surface area contributed by atoms with E-state index in [4.69, 9.17) is 5.11 Å². The Morgan fingerprint density at radius 2 is 1.88 bits per heavy atom. The number of fused-ring (bicyclic) bond motifs is 2. The molecule has 2 aliphatic rings. The van der Waals surface area contributed by atoms with Gasteiger partial charge in [0.2, 0.25) is 10.0 Å². The molecule has 4 atom stereocenters. The Bertz CT molecular complexity index is 744. The number of rotatable bonds is 9. The van der Waals surface area contributed by atoms with Gasteiger partial charge in [0.25, 0.3) is 0 Å². The van der Waals surface area contributed by atoms with Crippen molar-refractivity contribution in [1.29, 1.82) is 0 Å². The highest BCUT2D eigenvalue weighted by Crippen LogP contribution is 2.50. The number of hydrogen-bond donors (Lipinski definition) is 2. The molecule has 26 heavy (non-hydrogen) atoms. The quantitative estimate of drug-likeness (QED) is 0.509. The van der Waals surface area contributed by atoms with Gasteiger partial charge in [-0.05, 0) is 68.4 Å². The average Bonchev–Trinajstić information content (AvgIpc) is 3.20. The summed E-state index contributed by atoms with van der Waals surface area (Å²) >= 11 is 0. The highest BCUT2D eigenvalue weighted by molar-refractivity contribution is 7.89. The summed E-state index contributed by atoms with van der Waals surface area (Å²) in [6.45, 7) is 0. The number of aliphatic carboxylic acids is 1. The topological polar surface area (TPSA) is 83.5 Å². The lowest BCUT2D eigenvalue weighted by atomic mass is 9.83. The fraction of sp³-hybridized carbons (Fsp3) is 0.550. The Labute approximate surface area is 155 Å². The van der Waals surface area contributed by atoms with E-state index in [1.165, 1.54) is 6.42 Å². The van der Waals surface area contributed by atoms with Crippen molar-refractivity contribution in [3.8, 4) is 0 Å². The van der Waals surface area contributed by atoms with Gasteiger partial charge in [0.05, 0.1) is 4.90 Å². The molecular formula is C20H27NO4S. The molecule has 2 saturated carbocycles. The molecule has 1 aromatic carbocycles. The highest BCUT2D eigenvalue weighted by atomic mass is 32.2. The normalized spacial score (nSPS) is 28.0. The first-order valence-electron chi connectivity index (χ1n) is 9.41. The monoisotopic (exact) mass is 377 g/mol. The SMILES string of the molecule is O=C(O)CCC/C=C\C[C@H]1C2CC[C@@H](C2)[C@@H]1NS(=O)(=O)c1ccccc1. The number of carboxylic acids is 1. The molecule has 0 heterocycles. The number of carboxylic acid groups (broad SMARTS) is 1. The van der Waals surface area contributed by atoms with E-state index in [1.54, 1.807) is 24.3 Å². The second kappa shape index (κ2) is 8.35. The van der Waals surface area contributed by atoms with Crippen LogP contribution in [0.5, 0.6) is 0 Å². The van der Waals surface area contributed by atoms with E-state index in [2.05, 4.69) is 10.8 Å². The largest absolute Gasteiger partial charge is 0.481 e. The van der Waals surface area contributed by atoms with Gasteiger partial charge in [-0.1, -0.05) is 30.4 Å². The van der Waals surface area contributed by atoms with Gasteiger partial charge in [0.1, 0.15) is 0 Å². The molecule has 0 aliphatic heterocycles. The summed E-state index contributed by atoms with van der Waals surface area (Å²) in [5.74, 6) is 0.598. The van der Waals surface area contributed by atoms with Crippen LogP contribution in [-0.4, -0.2) is 25.5 Å². The maximum absolute atomic E-state index is 12.7. The van der Waals surface area contributed by atoms with Gasteiger partial charge in [0.15, 0.2) is 0 Å². The number of hydrogen-bond acceptors (Lipinski definition) is 3. The molecule has 6 heteroatoms. The zero-order chi connectivity index (χ0) is 18.6. The van der Waals surface area contributed by atoms with Crippen LogP contribution in [0.1, 0.15) is 44.9 Å². The summed E-state index contributed by atoms with van der Waals surface area (Å²) in [7, 11) is -3.49. The fourth-order valence-corrected chi connectivity index (χ4v) is 5.90. The van der Waals surface area contributed by atoms with E-state index in [9.17, 15) is 13.2 Å². The van der Waals surface area contributed by atoms with Gasteiger partial charge in [0, 0.05) is 12.5 Å². The van der Waals surface area contributed by atoms with Crippen molar-refractivity contribution in [2.45, 2.75) is 55.9 Å². The number of sulfonamides is 1. The number of allylic oxidation sites excluding steroid dienone is 2.